The molecule has 1 aromatic rings. The molecule has 1 fully saturated rings. The molecule has 2 rings (SSSR count). The summed E-state index contributed by atoms with van der Waals surface area (Å²) in [5, 5.41) is 45.8. The lowest BCUT2D eigenvalue weighted by atomic mass is 9.98. The quantitative estimate of drug-likeness (QED) is 0.436. The van der Waals surface area contributed by atoms with Gasteiger partial charge in [-0.05, 0) is 0 Å². The number of carbonyl (C=O) groups excluding carboxylic acids is 1. The van der Waals surface area contributed by atoms with E-state index in [0.717, 1.165) is 4.68 Å². The van der Waals surface area contributed by atoms with Crippen LogP contribution in [0.15, 0.2) is 6.20 Å². The molecule has 10 heteroatoms. The van der Waals surface area contributed by atoms with Crippen molar-refractivity contribution in [2.75, 3.05) is 6.61 Å². The molecule has 1 aliphatic rings. The van der Waals surface area contributed by atoms with Crippen molar-refractivity contribution in [1.82, 2.24) is 15.0 Å². The summed E-state index contributed by atoms with van der Waals surface area (Å²) in [6, 6.07) is 0. The van der Waals surface area contributed by atoms with E-state index in [1.165, 1.54) is 13.1 Å². The molecule has 1 aromatic heterocycles. The van der Waals surface area contributed by atoms with Crippen LogP contribution >= 0.6 is 0 Å². The SMILES string of the molecule is CC(=O)OCc1cn([C@@H]2O[C@H](CO)[C@@H](O)[C@H](O)[C@H]2O)nn1. The molecule has 0 amide bonds. The minimum absolute atomic E-state index is 0.0905. The summed E-state index contributed by atoms with van der Waals surface area (Å²) in [7, 11) is 0. The van der Waals surface area contributed by atoms with Gasteiger partial charge >= 0.3 is 5.97 Å². The van der Waals surface area contributed by atoms with Gasteiger partial charge in [-0.2, -0.15) is 0 Å². The number of hydrogen-bond donors (Lipinski definition) is 4. The molecule has 1 saturated heterocycles. The van der Waals surface area contributed by atoms with Crippen molar-refractivity contribution in [3.63, 3.8) is 0 Å². The Morgan fingerprint density at radius 2 is 2.10 bits per heavy atom. The average molecular weight is 303 g/mol. The maximum atomic E-state index is 10.7. The summed E-state index contributed by atoms with van der Waals surface area (Å²) >= 11 is 0. The van der Waals surface area contributed by atoms with E-state index in [4.69, 9.17) is 14.6 Å². The first kappa shape index (κ1) is 15.8. The number of hydrogen-bond acceptors (Lipinski definition) is 9. The molecular weight excluding hydrogens is 286 g/mol. The Kier molecular flexibility index (Phi) is 4.85. The Bertz CT molecular complexity index is 492. The van der Waals surface area contributed by atoms with E-state index in [9.17, 15) is 20.1 Å². The van der Waals surface area contributed by atoms with Gasteiger partial charge in [-0.1, -0.05) is 5.21 Å². The molecule has 118 valence electrons. The molecule has 0 radical (unpaired) electrons. The highest BCUT2D eigenvalue weighted by Crippen LogP contribution is 2.27. The first-order chi connectivity index (χ1) is 9.93. The summed E-state index contributed by atoms with van der Waals surface area (Å²) in [5.74, 6) is -0.475. The number of carbonyl (C=O) groups is 1. The minimum Gasteiger partial charge on any atom is -0.459 e. The molecular formula is C11H17N3O7. The Hall–Kier alpha value is -1.59. The number of rotatable bonds is 4. The molecule has 0 bridgehead atoms. The smallest absolute Gasteiger partial charge is 0.303 e. The van der Waals surface area contributed by atoms with Crippen LogP contribution in [0.2, 0.25) is 0 Å². The third kappa shape index (κ3) is 3.36. The molecule has 0 spiro atoms. The van der Waals surface area contributed by atoms with Crippen LogP contribution in [0, 0.1) is 0 Å². The molecule has 4 N–H and O–H groups in total. The van der Waals surface area contributed by atoms with Gasteiger partial charge < -0.3 is 29.9 Å². The maximum Gasteiger partial charge on any atom is 0.303 e. The fraction of sp³-hybridized carbons (Fsp3) is 0.727. The summed E-state index contributed by atoms with van der Waals surface area (Å²) in [5.41, 5.74) is 0.321. The zero-order valence-electron chi connectivity index (χ0n) is 11.2. The van der Waals surface area contributed by atoms with E-state index in [0.29, 0.717) is 5.69 Å². The highest BCUT2D eigenvalue weighted by Gasteiger charge is 2.44. The third-order valence-electron chi connectivity index (χ3n) is 3.11. The predicted molar refractivity (Wildman–Crippen MR) is 64.5 cm³/mol. The van der Waals surface area contributed by atoms with E-state index in [2.05, 4.69) is 10.3 Å². The van der Waals surface area contributed by atoms with Crippen LogP contribution in [0.3, 0.4) is 0 Å². The largest absolute Gasteiger partial charge is 0.459 e. The molecule has 0 aliphatic carbocycles. The lowest BCUT2D eigenvalue weighted by molar-refractivity contribution is -0.254. The molecule has 5 atom stereocenters. The highest BCUT2D eigenvalue weighted by molar-refractivity contribution is 5.65. The van der Waals surface area contributed by atoms with Crippen molar-refractivity contribution >= 4 is 5.97 Å². The second kappa shape index (κ2) is 6.45. The summed E-state index contributed by atoms with van der Waals surface area (Å²) in [4.78, 5) is 10.7. The zero-order valence-corrected chi connectivity index (χ0v) is 11.2. The van der Waals surface area contributed by atoms with Crippen LogP contribution in [-0.2, 0) is 20.9 Å². The fourth-order valence-electron chi connectivity index (χ4n) is 1.98. The Balaban J connectivity index is 2.11. The number of esters is 1. The van der Waals surface area contributed by atoms with Crippen molar-refractivity contribution in [2.24, 2.45) is 0 Å². The monoisotopic (exact) mass is 303 g/mol. The molecule has 0 saturated carbocycles. The number of aliphatic hydroxyl groups excluding tert-OH is 4. The topological polar surface area (TPSA) is 147 Å². The van der Waals surface area contributed by atoms with Crippen molar-refractivity contribution in [2.45, 2.75) is 44.2 Å². The van der Waals surface area contributed by atoms with E-state index < -0.39 is 43.2 Å². The predicted octanol–water partition coefficient (Wildman–Crippen LogP) is -2.69. The van der Waals surface area contributed by atoms with Crippen LogP contribution in [0.5, 0.6) is 0 Å². The van der Waals surface area contributed by atoms with E-state index in [1.807, 2.05) is 0 Å². The summed E-state index contributed by atoms with van der Waals surface area (Å²) in [6.07, 6.45) is -5.18. The third-order valence-corrected chi connectivity index (χ3v) is 3.11. The van der Waals surface area contributed by atoms with E-state index >= 15 is 0 Å². The molecule has 1 aliphatic heterocycles. The van der Waals surface area contributed by atoms with Gasteiger partial charge in [0.2, 0.25) is 0 Å². The van der Waals surface area contributed by atoms with Gasteiger partial charge in [0.1, 0.15) is 36.7 Å². The van der Waals surface area contributed by atoms with E-state index in [-0.39, 0.29) is 6.61 Å². The molecule has 0 unspecified atom stereocenters. The summed E-state index contributed by atoms with van der Waals surface area (Å²) < 4.78 is 11.2. The second-order valence-electron chi connectivity index (χ2n) is 4.69. The van der Waals surface area contributed by atoms with Gasteiger partial charge in [0.05, 0.1) is 12.8 Å². The van der Waals surface area contributed by atoms with Crippen LogP contribution in [0.4, 0.5) is 0 Å². The molecule has 0 aromatic carbocycles. The van der Waals surface area contributed by atoms with Crippen LogP contribution in [0.25, 0.3) is 0 Å². The normalized spacial score (nSPS) is 32.9. The van der Waals surface area contributed by atoms with Gasteiger partial charge in [-0.15, -0.1) is 5.10 Å². The highest BCUT2D eigenvalue weighted by atomic mass is 16.6. The van der Waals surface area contributed by atoms with Crippen molar-refractivity contribution in [3.05, 3.63) is 11.9 Å². The Labute approximate surface area is 119 Å². The number of aromatic nitrogens is 3. The first-order valence-electron chi connectivity index (χ1n) is 6.28. The summed E-state index contributed by atoms with van der Waals surface area (Å²) in [6.45, 7) is 0.630. The fourth-order valence-corrected chi connectivity index (χ4v) is 1.98. The lowest BCUT2D eigenvalue weighted by Gasteiger charge is -2.39. The van der Waals surface area contributed by atoms with Crippen molar-refractivity contribution < 1.29 is 34.7 Å². The zero-order chi connectivity index (χ0) is 15.6. The number of ether oxygens (including phenoxy) is 2. The van der Waals surface area contributed by atoms with Crippen LogP contribution < -0.4 is 0 Å². The van der Waals surface area contributed by atoms with Gasteiger partial charge in [-0.25, -0.2) is 4.68 Å². The van der Waals surface area contributed by atoms with Crippen LogP contribution in [0.1, 0.15) is 18.8 Å². The van der Waals surface area contributed by atoms with Crippen molar-refractivity contribution in [1.29, 1.82) is 0 Å². The Morgan fingerprint density at radius 1 is 1.38 bits per heavy atom. The molecule has 2 heterocycles. The maximum absolute atomic E-state index is 10.7. The number of nitrogens with zero attached hydrogens (tertiary/aromatic N) is 3. The number of aliphatic hydroxyl groups is 4. The minimum atomic E-state index is -1.50. The van der Waals surface area contributed by atoms with Gasteiger partial charge in [0.25, 0.3) is 0 Å². The van der Waals surface area contributed by atoms with Gasteiger partial charge in [-0.3, -0.25) is 4.79 Å². The Morgan fingerprint density at radius 3 is 2.71 bits per heavy atom. The molecule has 21 heavy (non-hydrogen) atoms. The lowest BCUT2D eigenvalue weighted by Crippen LogP contribution is -2.56. The van der Waals surface area contributed by atoms with Gasteiger partial charge in [0.15, 0.2) is 6.23 Å². The standard InChI is InChI=1S/C11H17N3O7/c1-5(16)20-4-6-2-14(13-12-6)11-10(19)9(18)8(17)7(3-15)21-11/h2,7-11,15,17-19H,3-4H2,1H3/t7-,8-,9+,10-,11-/m1/s1. The molecule has 10 nitrogen and oxygen atoms in total. The second-order valence-corrected chi connectivity index (χ2v) is 4.69. The van der Waals surface area contributed by atoms with Crippen molar-refractivity contribution in [3.8, 4) is 0 Å². The van der Waals surface area contributed by atoms with E-state index in [1.54, 1.807) is 0 Å². The van der Waals surface area contributed by atoms with Crippen LogP contribution in [-0.4, -0.2) is 72.4 Å². The first-order valence-corrected chi connectivity index (χ1v) is 6.28. The average Bonchev–Trinajstić information content (AvgIpc) is 2.92. The van der Waals surface area contributed by atoms with Gasteiger partial charge in [0, 0.05) is 6.92 Å².